The predicted molar refractivity (Wildman–Crippen MR) is 99.7 cm³/mol. The molecule has 2 heterocycles. The monoisotopic (exact) mass is 513 g/mol. The first-order chi connectivity index (χ1) is 14.6. The van der Waals surface area contributed by atoms with Crippen molar-refractivity contribution in [2.45, 2.75) is 56.8 Å². The normalized spacial score (nSPS) is 13.0. The Labute approximate surface area is 180 Å². The second-order valence-corrected chi connectivity index (χ2v) is 9.75. The highest BCUT2D eigenvalue weighted by Crippen LogP contribution is 2.36. The van der Waals surface area contributed by atoms with E-state index >= 15 is 0 Å². The SMILES string of the molecule is CCCCCCn1cc[n+](Cn2cccn2)c1.O=S(=O)([N-]S(=O)(=O)C(F)(F)F)C(F)(F)F. The van der Waals surface area contributed by atoms with Gasteiger partial charge in [0.2, 0.25) is 6.33 Å². The van der Waals surface area contributed by atoms with Crippen molar-refractivity contribution in [3.05, 3.63) is 41.3 Å². The van der Waals surface area contributed by atoms with Crippen LogP contribution in [-0.4, -0.2) is 42.2 Å². The Morgan fingerprint density at radius 2 is 1.53 bits per heavy atom. The summed E-state index contributed by atoms with van der Waals surface area (Å²) in [6.45, 7) is 4.15. The molecule has 0 aliphatic heterocycles. The first-order valence-electron chi connectivity index (χ1n) is 8.98. The summed E-state index contributed by atoms with van der Waals surface area (Å²) in [5, 5.41) is 4.19. The Morgan fingerprint density at radius 1 is 0.938 bits per heavy atom. The third-order valence-corrected chi connectivity index (χ3v) is 6.40. The molecule has 0 radical (unpaired) electrons. The number of halogens is 6. The molecule has 0 aliphatic rings. The number of unbranched alkanes of at least 4 members (excludes halogenated alkanes) is 3. The third kappa shape index (κ3) is 8.78. The minimum absolute atomic E-state index is 0.778. The number of hydrogen-bond donors (Lipinski definition) is 0. The quantitative estimate of drug-likeness (QED) is 0.291. The molecule has 2 aromatic rings. The van der Waals surface area contributed by atoms with Gasteiger partial charge in [0.1, 0.15) is 12.4 Å². The van der Waals surface area contributed by atoms with Crippen LogP contribution in [0.1, 0.15) is 32.6 Å². The summed E-state index contributed by atoms with van der Waals surface area (Å²) >= 11 is 0. The van der Waals surface area contributed by atoms with Crippen molar-refractivity contribution < 1.29 is 47.7 Å². The Balaban J connectivity index is 0.000000324. The van der Waals surface area contributed by atoms with Crippen LogP contribution in [0.2, 0.25) is 0 Å². The van der Waals surface area contributed by atoms with E-state index in [0.717, 1.165) is 17.3 Å². The number of rotatable bonds is 9. The zero-order valence-corrected chi connectivity index (χ0v) is 18.3. The molecule has 0 atom stereocenters. The second kappa shape index (κ2) is 11.1. The van der Waals surface area contributed by atoms with Gasteiger partial charge in [-0.05, 0) is 18.9 Å². The van der Waals surface area contributed by atoms with Gasteiger partial charge in [-0.15, -0.1) is 0 Å². The second-order valence-electron chi connectivity index (χ2n) is 6.33. The van der Waals surface area contributed by atoms with E-state index in [1.807, 2.05) is 23.1 Å². The molecule has 0 unspecified atom stereocenters. The van der Waals surface area contributed by atoms with Crippen LogP contribution in [0, 0.1) is 0 Å². The van der Waals surface area contributed by atoms with Gasteiger partial charge in [0, 0.05) is 12.4 Å². The molecule has 0 saturated carbocycles. The average molecular weight is 513 g/mol. The van der Waals surface area contributed by atoms with Crippen LogP contribution in [0.15, 0.2) is 37.2 Å². The van der Waals surface area contributed by atoms with Crippen LogP contribution in [0.3, 0.4) is 0 Å². The van der Waals surface area contributed by atoms with E-state index in [1.54, 1.807) is 0 Å². The van der Waals surface area contributed by atoms with E-state index in [-0.39, 0.29) is 0 Å². The minimum Gasteiger partial charge on any atom is -0.421 e. The van der Waals surface area contributed by atoms with E-state index in [1.165, 1.54) is 25.7 Å². The Bertz CT molecular complexity index is 989. The van der Waals surface area contributed by atoms with E-state index < -0.39 is 31.1 Å². The maximum atomic E-state index is 11.4. The summed E-state index contributed by atoms with van der Waals surface area (Å²) < 4.78 is 115. The minimum atomic E-state index is -6.72. The van der Waals surface area contributed by atoms with Crippen LogP contribution < -0.4 is 4.57 Å². The molecule has 0 aromatic carbocycles. The van der Waals surface area contributed by atoms with Gasteiger partial charge in [0.15, 0.2) is 26.7 Å². The highest BCUT2D eigenvalue weighted by atomic mass is 32.3. The average Bonchev–Trinajstić information content (AvgIpc) is 3.29. The highest BCUT2D eigenvalue weighted by Gasteiger charge is 2.46. The summed E-state index contributed by atoms with van der Waals surface area (Å²) in [6.07, 6.45) is 15.4. The molecule has 2 aromatic heterocycles. The van der Waals surface area contributed by atoms with E-state index in [4.69, 9.17) is 0 Å². The predicted octanol–water partition coefficient (Wildman–Crippen LogP) is 3.12. The number of nitrogens with zero attached hydrogens (tertiary/aromatic N) is 5. The summed E-state index contributed by atoms with van der Waals surface area (Å²) in [6, 6.07) is 1.95. The van der Waals surface area contributed by atoms with Crippen LogP contribution in [-0.2, 0) is 33.3 Å². The smallest absolute Gasteiger partial charge is 0.421 e. The number of alkyl halides is 6. The van der Waals surface area contributed by atoms with Gasteiger partial charge in [0.05, 0.1) is 6.54 Å². The highest BCUT2D eigenvalue weighted by molar-refractivity contribution is 8.13. The van der Waals surface area contributed by atoms with Crippen molar-refractivity contribution in [1.29, 1.82) is 0 Å². The van der Waals surface area contributed by atoms with Crippen molar-refractivity contribution in [3.8, 4) is 0 Å². The number of sulfonamides is 2. The first-order valence-corrected chi connectivity index (χ1v) is 11.9. The molecule has 0 bridgehead atoms. The van der Waals surface area contributed by atoms with E-state index in [0.29, 0.717) is 0 Å². The van der Waals surface area contributed by atoms with Gasteiger partial charge >= 0.3 is 11.0 Å². The molecule has 184 valence electrons. The first kappa shape index (κ1) is 27.9. The molecule has 0 spiro atoms. The Kier molecular flexibility index (Phi) is 9.70. The summed E-state index contributed by atoms with van der Waals surface area (Å²) in [5.41, 5.74) is -12.4. The lowest BCUT2D eigenvalue weighted by molar-refractivity contribution is -0.702. The number of imidazole rings is 1. The van der Waals surface area contributed by atoms with Crippen LogP contribution in [0.25, 0.3) is 4.13 Å². The van der Waals surface area contributed by atoms with Gasteiger partial charge in [-0.25, -0.2) is 30.7 Å². The lowest BCUT2D eigenvalue weighted by atomic mass is 10.2. The molecule has 17 heteroatoms. The van der Waals surface area contributed by atoms with Crippen molar-refractivity contribution in [1.82, 2.24) is 14.3 Å². The van der Waals surface area contributed by atoms with Crippen molar-refractivity contribution >= 4 is 20.0 Å². The zero-order chi connectivity index (χ0) is 24.6. The molecule has 0 fully saturated rings. The molecule has 0 aliphatic carbocycles. The Hall–Kier alpha value is -2.14. The lowest BCUT2D eigenvalue weighted by Crippen LogP contribution is -2.35. The fraction of sp³-hybridized carbons (Fsp3) is 0.600. The molecule has 0 N–H and O–H groups in total. The zero-order valence-electron chi connectivity index (χ0n) is 16.7. The number of aromatic nitrogens is 4. The maximum absolute atomic E-state index is 11.4. The molecule has 0 amide bonds. The number of hydrogen-bond acceptors (Lipinski definition) is 5. The van der Waals surface area contributed by atoms with Crippen molar-refractivity contribution in [2.24, 2.45) is 0 Å². The summed E-state index contributed by atoms with van der Waals surface area (Å²) in [5.74, 6) is 0. The van der Waals surface area contributed by atoms with E-state index in [9.17, 15) is 43.2 Å². The largest absolute Gasteiger partial charge is 0.480 e. The van der Waals surface area contributed by atoms with Crippen LogP contribution >= 0.6 is 0 Å². The van der Waals surface area contributed by atoms with Gasteiger partial charge in [0.25, 0.3) is 0 Å². The molecule has 0 saturated heterocycles. The van der Waals surface area contributed by atoms with E-state index in [2.05, 4.69) is 39.9 Å². The van der Waals surface area contributed by atoms with Crippen LogP contribution in [0.4, 0.5) is 26.3 Å². The molecular formula is C15H21F6N5O4S2. The summed E-state index contributed by atoms with van der Waals surface area (Å²) in [4.78, 5) is 0. The van der Waals surface area contributed by atoms with Gasteiger partial charge in [-0.3, -0.25) is 0 Å². The lowest BCUT2D eigenvalue weighted by Gasteiger charge is -2.22. The van der Waals surface area contributed by atoms with Gasteiger partial charge in [-0.1, -0.05) is 19.8 Å². The molecule has 32 heavy (non-hydrogen) atoms. The standard InChI is InChI=1S/C13H21N4.C2F6NO4S2/c1-2-3-4-5-8-15-10-11-16(12-15)13-17-9-6-7-14-17;3-1(4,5)14(10,11)9-15(12,13)2(6,7)8/h6-7,9-12H,2-5,8,13H2,1H3;/q+1;-1. The fourth-order valence-electron chi connectivity index (χ4n) is 2.14. The van der Waals surface area contributed by atoms with Gasteiger partial charge in [-0.2, -0.15) is 31.4 Å². The Morgan fingerprint density at radius 3 is 2.00 bits per heavy atom. The number of aryl methyl sites for hydroxylation is 1. The maximum Gasteiger partial charge on any atom is 0.480 e. The van der Waals surface area contributed by atoms with Crippen LogP contribution in [0.5, 0.6) is 0 Å². The summed E-state index contributed by atoms with van der Waals surface area (Å²) in [7, 11) is -13.4. The third-order valence-electron chi connectivity index (χ3n) is 3.66. The molecule has 2 rings (SSSR count). The fourth-order valence-corrected chi connectivity index (χ4v) is 3.85. The van der Waals surface area contributed by atoms with Crippen molar-refractivity contribution in [3.63, 3.8) is 0 Å². The van der Waals surface area contributed by atoms with Gasteiger partial charge < -0.3 is 4.13 Å². The van der Waals surface area contributed by atoms with Crippen molar-refractivity contribution in [2.75, 3.05) is 0 Å². The topological polar surface area (TPSA) is 109 Å². The molecule has 9 nitrogen and oxygen atoms in total. The molecular weight excluding hydrogens is 492 g/mol.